The summed E-state index contributed by atoms with van der Waals surface area (Å²) in [6.07, 6.45) is 7.39. The lowest BCUT2D eigenvalue weighted by molar-refractivity contribution is 0.0212. The van der Waals surface area contributed by atoms with E-state index < -0.39 is 0 Å². The summed E-state index contributed by atoms with van der Waals surface area (Å²) >= 11 is 5.90. The van der Waals surface area contributed by atoms with Crippen LogP contribution in [0.25, 0.3) is 11.1 Å². The van der Waals surface area contributed by atoms with Gasteiger partial charge in [-0.3, -0.25) is 9.88 Å². The number of hydrogen-bond acceptors (Lipinski definition) is 3. The maximum atomic E-state index is 5.90. The lowest BCUT2D eigenvalue weighted by Crippen LogP contribution is -2.64. The molecule has 152 valence electrons. The van der Waals surface area contributed by atoms with E-state index in [0.29, 0.717) is 18.0 Å². The molecule has 0 amide bonds. The molecule has 0 unspecified atom stereocenters. The van der Waals surface area contributed by atoms with Crippen molar-refractivity contribution in [2.24, 2.45) is 5.92 Å². The van der Waals surface area contributed by atoms with Gasteiger partial charge in [0.25, 0.3) is 0 Å². The molecule has 3 aromatic rings. The number of aromatic nitrogens is 1. The van der Waals surface area contributed by atoms with Gasteiger partial charge in [-0.25, -0.2) is 0 Å². The highest BCUT2D eigenvalue weighted by Crippen LogP contribution is 2.34. The molecule has 3 aliphatic rings. The van der Waals surface area contributed by atoms with Crippen LogP contribution in [0.1, 0.15) is 24.0 Å². The molecule has 0 radical (unpaired) electrons. The van der Waals surface area contributed by atoms with Gasteiger partial charge in [-0.2, -0.15) is 0 Å². The summed E-state index contributed by atoms with van der Waals surface area (Å²) in [5, 5.41) is 3.78. The van der Waals surface area contributed by atoms with Crippen LogP contribution in [0, 0.1) is 5.92 Å². The number of rotatable bonds is 5. The standard InChI is InChI=1S/C26H27N3S/c30-26(23-10-4-9-22(17-23)20-7-2-1-3-8-20)28-25-21-11-14-29(15-12-21)24(25)16-19-6-5-13-27-18-19/h1-10,13,17-18,21,24-25H,11-12,14-16H2,(H,28,30)/t24-,25+/m0/s1. The number of pyridine rings is 1. The minimum Gasteiger partial charge on any atom is -0.371 e. The Labute approximate surface area is 184 Å². The van der Waals surface area contributed by atoms with Gasteiger partial charge in [-0.1, -0.05) is 66.8 Å². The van der Waals surface area contributed by atoms with Crippen molar-refractivity contribution in [2.75, 3.05) is 13.1 Å². The smallest absolute Gasteiger partial charge is 0.106 e. The first kappa shape index (κ1) is 19.4. The van der Waals surface area contributed by atoms with Crippen molar-refractivity contribution in [1.29, 1.82) is 0 Å². The predicted octanol–water partition coefficient (Wildman–Crippen LogP) is 4.72. The number of piperidine rings is 3. The van der Waals surface area contributed by atoms with E-state index in [2.05, 4.69) is 75.9 Å². The first-order valence-electron chi connectivity index (χ1n) is 10.9. The van der Waals surface area contributed by atoms with Crippen LogP contribution >= 0.6 is 12.2 Å². The topological polar surface area (TPSA) is 28.2 Å². The molecule has 3 aliphatic heterocycles. The van der Waals surface area contributed by atoms with Crippen LogP contribution < -0.4 is 5.32 Å². The third kappa shape index (κ3) is 4.03. The molecule has 1 N–H and O–H groups in total. The summed E-state index contributed by atoms with van der Waals surface area (Å²) in [5.74, 6) is 0.687. The van der Waals surface area contributed by atoms with Crippen molar-refractivity contribution < 1.29 is 0 Å². The van der Waals surface area contributed by atoms with E-state index >= 15 is 0 Å². The van der Waals surface area contributed by atoms with Gasteiger partial charge in [0.2, 0.25) is 0 Å². The quantitative estimate of drug-likeness (QED) is 0.613. The molecule has 4 heterocycles. The summed E-state index contributed by atoms with van der Waals surface area (Å²) < 4.78 is 0. The molecule has 1 aromatic heterocycles. The van der Waals surface area contributed by atoms with Gasteiger partial charge in [0, 0.05) is 30.0 Å². The number of nitrogens with one attached hydrogen (secondary N) is 1. The Hall–Kier alpha value is -2.56. The van der Waals surface area contributed by atoms with E-state index in [4.69, 9.17) is 12.2 Å². The molecule has 0 saturated carbocycles. The summed E-state index contributed by atoms with van der Waals surface area (Å²) in [6, 6.07) is 24.2. The van der Waals surface area contributed by atoms with E-state index in [1.807, 2.05) is 18.5 Å². The summed E-state index contributed by atoms with van der Waals surface area (Å²) in [6.45, 7) is 2.40. The van der Waals surface area contributed by atoms with Crippen LogP contribution in [-0.4, -0.2) is 40.0 Å². The molecule has 3 saturated heterocycles. The van der Waals surface area contributed by atoms with Gasteiger partial charge in [0.15, 0.2) is 0 Å². The highest BCUT2D eigenvalue weighted by Gasteiger charge is 2.42. The molecule has 6 rings (SSSR count). The molecule has 0 spiro atoms. The van der Waals surface area contributed by atoms with Crippen molar-refractivity contribution in [3.8, 4) is 11.1 Å². The van der Waals surface area contributed by atoms with Gasteiger partial charge >= 0.3 is 0 Å². The zero-order valence-electron chi connectivity index (χ0n) is 17.1. The zero-order chi connectivity index (χ0) is 20.3. The van der Waals surface area contributed by atoms with E-state index in [-0.39, 0.29) is 0 Å². The van der Waals surface area contributed by atoms with Gasteiger partial charge in [-0.15, -0.1) is 0 Å². The molecule has 0 aliphatic carbocycles. The minimum absolute atomic E-state index is 0.389. The molecule has 30 heavy (non-hydrogen) atoms. The van der Waals surface area contributed by atoms with Crippen LogP contribution in [0.5, 0.6) is 0 Å². The number of thiocarbonyl (C=S) groups is 1. The van der Waals surface area contributed by atoms with Crippen molar-refractivity contribution >= 4 is 17.2 Å². The first-order valence-corrected chi connectivity index (χ1v) is 11.3. The zero-order valence-corrected chi connectivity index (χ0v) is 17.9. The van der Waals surface area contributed by atoms with E-state index in [1.165, 1.54) is 42.6 Å². The second-order valence-corrected chi connectivity index (χ2v) is 8.86. The van der Waals surface area contributed by atoms with Crippen LogP contribution in [0.4, 0.5) is 0 Å². The average molecular weight is 414 g/mol. The summed E-state index contributed by atoms with van der Waals surface area (Å²) in [7, 11) is 0. The Morgan fingerprint density at radius 3 is 2.53 bits per heavy atom. The monoisotopic (exact) mass is 413 g/mol. The van der Waals surface area contributed by atoms with Crippen molar-refractivity contribution in [2.45, 2.75) is 31.3 Å². The number of hydrogen-bond donors (Lipinski definition) is 1. The first-order chi connectivity index (χ1) is 14.8. The predicted molar refractivity (Wildman–Crippen MR) is 127 cm³/mol. The lowest BCUT2D eigenvalue weighted by atomic mass is 9.76. The maximum Gasteiger partial charge on any atom is 0.106 e. The number of benzene rings is 2. The molecule has 4 heteroatoms. The van der Waals surface area contributed by atoms with E-state index in [0.717, 1.165) is 17.0 Å². The fourth-order valence-corrected chi connectivity index (χ4v) is 5.35. The van der Waals surface area contributed by atoms with Gasteiger partial charge in [-0.05, 0) is 67.1 Å². The molecular formula is C26H27N3S. The third-order valence-electron chi connectivity index (χ3n) is 6.66. The Kier molecular flexibility index (Phi) is 5.60. The van der Waals surface area contributed by atoms with Crippen molar-refractivity contribution in [1.82, 2.24) is 15.2 Å². The largest absolute Gasteiger partial charge is 0.371 e. The lowest BCUT2D eigenvalue weighted by Gasteiger charge is -2.51. The third-order valence-corrected chi connectivity index (χ3v) is 7.02. The second kappa shape index (κ2) is 8.66. The Morgan fingerprint density at radius 2 is 1.77 bits per heavy atom. The van der Waals surface area contributed by atoms with Crippen LogP contribution in [-0.2, 0) is 6.42 Å². The van der Waals surface area contributed by atoms with Crippen LogP contribution in [0.2, 0.25) is 0 Å². The molecular weight excluding hydrogens is 386 g/mol. The Bertz CT molecular complexity index is 997. The van der Waals surface area contributed by atoms with Gasteiger partial charge < -0.3 is 5.32 Å². The Morgan fingerprint density at radius 1 is 0.967 bits per heavy atom. The number of fused-ring (bicyclic) bond motifs is 3. The maximum absolute atomic E-state index is 5.90. The van der Waals surface area contributed by atoms with Crippen LogP contribution in [0.3, 0.4) is 0 Å². The molecule has 3 fully saturated rings. The SMILES string of the molecule is S=C(N[C@@H]1C2CCN(CC2)[C@H]1Cc1cccnc1)c1cccc(-c2ccccc2)c1. The Balaban J connectivity index is 1.36. The molecule has 2 atom stereocenters. The van der Waals surface area contributed by atoms with Gasteiger partial charge in [0.1, 0.15) is 4.99 Å². The fraction of sp³-hybridized carbons (Fsp3) is 0.308. The average Bonchev–Trinajstić information content (AvgIpc) is 2.82. The highest BCUT2D eigenvalue weighted by molar-refractivity contribution is 7.80. The number of nitrogens with zero attached hydrogens (tertiary/aromatic N) is 2. The van der Waals surface area contributed by atoms with Crippen molar-refractivity contribution in [3.63, 3.8) is 0 Å². The molecule has 2 aromatic carbocycles. The van der Waals surface area contributed by atoms with E-state index in [9.17, 15) is 0 Å². The van der Waals surface area contributed by atoms with Crippen molar-refractivity contribution in [3.05, 3.63) is 90.3 Å². The second-order valence-electron chi connectivity index (χ2n) is 8.45. The summed E-state index contributed by atoms with van der Waals surface area (Å²) in [4.78, 5) is 7.83. The van der Waals surface area contributed by atoms with Gasteiger partial charge in [0.05, 0.1) is 0 Å². The summed E-state index contributed by atoms with van der Waals surface area (Å²) in [5.41, 5.74) is 4.83. The normalized spacial score (nSPS) is 25.1. The molecule has 2 bridgehead atoms. The fourth-order valence-electron chi connectivity index (χ4n) is 5.09. The highest BCUT2D eigenvalue weighted by atomic mass is 32.1. The molecule has 3 nitrogen and oxygen atoms in total. The van der Waals surface area contributed by atoms with E-state index in [1.54, 1.807) is 0 Å². The van der Waals surface area contributed by atoms with Crippen LogP contribution in [0.15, 0.2) is 79.1 Å². The minimum atomic E-state index is 0.389.